The summed E-state index contributed by atoms with van der Waals surface area (Å²) in [6.07, 6.45) is 2.25. The van der Waals surface area contributed by atoms with Crippen molar-refractivity contribution < 1.29 is 18.3 Å². The van der Waals surface area contributed by atoms with E-state index in [4.69, 9.17) is 5.11 Å². The summed E-state index contributed by atoms with van der Waals surface area (Å²) in [7, 11) is -2.86. The smallest absolute Gasteiger partial charge is 0.303 e. The van der Waals surface area contributed by atoms with Crippen molar-refractivity contribution >= 4 is 15.8 Å². The lowest BCUT2D eigenvalue weighted by Gasteiger charge is -2.22. The molecule has 1 aliphatic rings. The van der Waals surface area contributed by atoms with Gasteiger partial charge in [-0.05, 0) is 25.8 Å². The van der Waals surface area contributed by atoms with E-state index in [1.165, 1.54) is 0 Å². The molecule has 0 aliphatic carbocycles. The summed E-state index contributed by atoms with van der Waals surface area (Å²) < 4.78 is 22.5. The zero-order chi connectivity index (χ0) is 11.3. The molecule has 1 aliphatic heterocycles. The highest BCUT2D eigenvalue weighted by atomic mass is 32.2. The van der Waals surface area contributed by atoms with Gasteiger partial charge in [0.15, 0.2) is 9.84 Å². The number of carbonyl (C=O) groups is 1. The topological polar surface area (TPSA) is 83.5 Å². The number of hydrogen-bond donors (Lipinski definition) is 2. The summed E-state index contributed by atoms with van der Waals surface area (Å²) in [5, 5.41) is 11.5. The van der Waals surface area contributed by atoms with Crippen LogP contribution in [-0.2, 0) is 14.6 Å². The van der Waals surface area contributed by atoms with Gasteiger partial charge in [0.2, 0.25) is 0 Å². The van der Waals surface area contributed by atoms with E-state index in [0.29, 0.717) is 25.1 Å². The number of carboxylic acids is 1. The second-order valence-corrected chi connectivity index (χ2v) is 6.13. The fourth-order valence-electron chi connectivity index (χ4n) is 1.73. The summed E-state index contributed by atoms with van der Waals surface area (Å²) in [5.41, 5.74) is 0. The molecule has 1 rings (SSSR count). The first-order valence-corrected chi connectivity index (χ1v) is 6.97. The SMILES string of the molecule is O=C(O)CCCNC1CCCS(=O)(=O)C1. The van der Waals surface area contributed by atoms with Crippen LogP contribution < -0.4 is 5.32 Å². The predicted octanol–water partition coefficient (Wildman–Crippen LogP) is 0.0180. The third-order valence-electron chi connectivity index (χ3n) is 2.46. The molecule has 0 aromatic rings. The molecule has 0 radical (unpaired) electrons. The molecule has 0 aromatic carbocycles. The van der Waals surface area contributed by atoms with E-state index in [9.17, 15) is 13.2 Å². The molecule has 1 heterocycles. The Bertz CT molecular complexity index is 312. The van der Waals surface area contributed by atoms with Crippen molar-refractivity contribution in [1.82, 2.24) is 5.32 Å². The minimum absolute atomic E-state index is 0.0116. The Hall–Kier alpha value is -0.620. The highest BCUT2D eigenvalue weighted by Crippen LogP contribution is 2.11. The summed E-state index contributed by atoms with van der Waals surface area (Å²) in [4.78, 5) is 10.2. The maximum atomic E-state index is 11.3. The monoisotopic (exact) mass is 235 g/mol. The van der Waals surface area contributed by atoms with Gasteiger partial charge in [-0.25, -0.2) is 8.42 Å². The third-order valence-corrected chi connectivity index (χ3v) is 4.28. The largest absolute Gasteiger partial charge is 0.481 e. The molecule has 0 spiro atoms. The molecule has 6 heteroatoms. The first-order chi connectivity index (χ1) is 6.99. The number of aliphatic carboxylic acids is 1. The van der Waals surface area contributed by atoms with Crippen molar-refractivity contribution in [1.29, 1.82) is 0 Å². The average molecular weight is 235 g/mol. The van der Waals surface area contributed by atoms with Gasteiger partial charge in [-0.15, -0.1) is 0 Å². The molecular formula is C9H17NO4S. The Kier molecular flexibility index (Phi) is 4.53. The van der Waals surface area contributed by atoms with Crippen LogP contribution in [0.3, 0.4) is 0 Å². The van der Waals surface area contributed by atoms with Gasteiger partial charge in [0.05, 0.1) is 11.5 Å². The first-order valence-electron chi connectivity index (χ1n) is 5.15. The van der Waals surface area contributed by atoms with Crippen LogP contribution in [0.15, 0.2) is 0 Å². The van der Waals surface area contributed by atoms with Crippen molar-refractivity contribution in [3.8, 4) is 0 Å². The minimum Gasteiger partial charge on any atom is -0.481 e. The maximum Gasteiger partial charge on any atom is 0.303 e. The lowest BCUT2D eigenvalue weighted by molar-refractivity contribution is -0.137. The predicted molar refractivity (Wildman–Crippen MR) is 56.5 cm³/mol. The van der Waals surface area contributed by atoms with Crippen LogP contribution in [0.2, 0.25) is 0 Å². The van der Waals surface area contributed by atoms with Crippen LogP contribution in [0.25, 0.3) is 0 Å². The van der Waals surface area contributed by atoms with E-state index in [-0.39, 0.29) is 18.2 Å². The van der Waals surface area contributed by atoms with Crippen LogP contribution in [0.4, 0.5) is 0 Å². The standard InChI is InChI=1S/C9H17NO4S/c11-9(12)4-1-5-10-8-3-2-6-15(13,14)7-8/h8,10H,1-7H2,(H,11,12). The summed E-state index contributed by atoms with van der Waals surface area (Å²) >= 11 is 0. The summed E-state index contributed by atoms with van der Waals surface area (Å²) in [6, 6.07) is 0.0116. The van der Waals surface area contributed by atoms with Crippen LogP contribution in [-0.4, -0.2) is 43.6 Å². The highest BCUT2D eigenvalue weighted by molar-refractivity contribution is 7.91. The Balaban J connectivity index is 2.19. The zero-order valence-electron chi connectivity index (χ0n) is 8.61. The molecule has 2 N–H and O–H groups in total. The van der Waals surface area contributed by atoms with Gasteiger partial charge in [-0.1, -0.05) is 0 Å². The normalized spacial score (nSPS) is 24.9. The molecule has 0 amide bonds. The second kappa shape index (κ2) is 5.46. The highest BCUT2D eigenvalue weighted by Gasteiger charge is 2.23. The number of rotatable bonds is 5. The van der Waals surface area contributed by atoms with Gasteiger partial charge < -0.3 is 10.4 Å². The van der Waals surface area contributed by atoms with Crippen molar-refractivity contribution in [3.63, 3.8) is 0 Å². The van der Waals surface area contributed by atoms with Gasteiger partial charge in [-0.2, -0.15) is 0 Å². The van der Waals surface area contributed by atoms with E-state index < -0.39 is 15.8 Å². The van der Waals surface area contributed by atoms with Crippen molar-refractivity contribution in [2.45, 2.75) is 31.7 Å². The number of sulfone groups is 1. The number of hydrogen-bond acceptors (Lipinski definition) is 4. The van der Waals surface area contributed by atoms with Gasteiger partial charge >= 0.3 is 5.97 Å². The van der Waals surface area contributed by atoms with E-state index >= 15 is 0 Å². The molecule has 1 atom stereocenters. The number of carboxylic acid groups (broad SMARTS) is 1. The van der Waals surface area contributed by atoms with Crippen LogP contribution in [0, 0.1) is 0 Å². The lowest BCUT2D eigenvalue weighted by atomic mass is 10.2. The van der Waals surface area contributed by atoms with E-state index in [0.717, 1.165) is 6.42 Å². The average Bonchev–Trinajstić information content (AvgIpc) is 2.10. The zero-order valence-corrected chi connectivity index (χ0v) is 9.42. The van der Waals surface area contributed by atoms with Gasteiger partial charge in [-0.3, -0.25) is 4.79 Å². The molecular weight excluding hydrogens is 218 g/mol. The fourth-order valence-corrected chi connectivity index (χ4v) is 3.40. The van der Waals surface area contributed by atoms with Crippen LogP contribution in [0.5, 0.6) is 0 Å². The van der Waals surface area contributed by atoms with E-state index in [2.05, 4.69) is 5.32 Å². The van der Waals surface area contributed by atoms with Gasteiger partial charge in [0.1, 0.15) is 0 Å². The quantitative estimate of drug-likeness (QED) is 0.656. The maximum absolute atomic E-state index is 11.3. The molecule has 1 unspecified atom stereocenters. The van der Waals surface area contributed by atoms with Crippen molar-refractivity contribution in [2.75, 3.05) is 18.1 Å². The van der Waals surface area contributed by atoms with E-state index in [1.807, 2.05) is 0 Å². The molecule has 0 bridgehead atoms. The Labute approximate surface area is 89.8 Å². The van der Waals surface area contributed by atoms with E-state index in [1.54, 1.807) is 0 Å². The van der Waals surface area contributed by atoms with Gasteiger partial charge in [0.25, 0.3) is 0 Å². The molecule has 15 heavy (non-hydrogen) atoms. The molecule has 1 saturated heterocycles. The summed E-state index contributed by atoms with van der Waals surface area (Å²) in [5.74, 6) is -0.325. The minimum atomic E-state index is -2.86. The van der Waals surface area contributed by atoms with Crippen LogP contribution in [0.1, 0.15) is 25.7 Å². The van der Waals surface area contributed by atoms with Crippen LogP contribution >= 0.6 is 0 Å². The summed E-state index contributed by atoms with van der Waals surface area (Å²) in [6.45, 7) is 0.576. The van der Waals surface area contributed by atoms with Gasteiger partial charge in [0, 0.05) is 12.5 Å². The molecule has 5 nitrogen and oxygen atoms in total. The third kappa shape index (κ3) is 5.13. The molecule has 88 valence electrons. The second-order valence-electron chi connectivity index (χ2n) is 3.90. The lowest BCUT2D eigenvalue weighted by Crippen LogP contribution is -2.40. The Morgan fingerprint density at radius 1 is 1.47 bits per heavy atom. The van der Waals surface area contributed by atoms with Crippen molar-refractivity contribution in [2.24, 2.45) is 0 Å². The molecule has 0 aromatic heterocycles. The Morgan fingerprint density at radius 3 is 2.80 bits per heavy atom. The molecule has 1 fully saturated rings. The number of nitrogens with one attached hydrogen (secondary N) is 1. The fraction of sp³-hybridized carbons (Fsp3) is 0.889. The molecule has 0 saturated carbocycles. The van der Waals surface area contributed by atoms with Crippen molar-refractivity contribution in [3.05, 3.63) is 0 Å². The Morgan fingerprint density at radius 2 is 2.20 bits per heavy atom. The first kappa shape index (κ1) is 12.4.